The summed E-state index contributed by atoms with van der Waals surface area (Å²) >= 11 is 0. The number of anilines is 1. The molecule has 0 aliphatic heterocycles. The maximum absolute atomic E-state index is 4.52. The second kappa shape index (κ2) is 5.48. The highest BCUT2D eigenvalue weighted by atomic mass is 15.2. The van der Waals surface area contributed by atoms with Crippen LogP contribution in [0.2, 0.25) is 0 Å². The molecule has 1 aromatic carbocycles. The zero-order valence-electron chi connectivity index (χ0n) is 10.4. The monoisotopic (exact) mass is 226 g/mol. The molecule has 88 valence electrons. The van der Waals surface area contributed by atoms with Crippen molar-refractivity contribution in [3.05, 3.63) is 48.7 Å². The van der Waals surface area contributed by atoms with Crippen molar-refractivity contribution in [2.75, 3.05) is 18.0 Å². The largest absolute Gasteiger partial charge is 0.357 e. The number of hydrogen-bond acceptors (Lipinski definition) is 2. The van der Waals surface area contributed by atoms with Crippen LogP contribution in [0.25, 0.3) is 11.1 Å². The molecule has 1 heterocycles. The van der Waals surface area contributed by atoms with Crippen LogP contribution < -0.4 is 4.90 Å². The van der Waals surface area contributed by atoms with Crippen molar-refractivity contribution in [3.63, 3.8) is 0 Å². The standard InChI is InChI=1S/C15H18N2/c1-3-17(4-2)15-14(11-8-12-16-15)13-9-6-5-7-10-13/h5-12H,3-4H2,1-2H3. The van der Waals surface area contributed by atoms with Crippen LogP contribution in [0, 0.1) is 0 Å². The lowest BCUT2D eigenvalue weighted by Crippen LogP contribution is -2.23. The summed E-state index contributed by atoms with van der Waals surface area (Å²) in [5, 5.41) is 0. The molecular weight excluding hydrogens is 208 g/mol. The Hall–Kier alpha value is -1.83. The predicted molar refractivity (Wildman–Crippen MR) is 73.2 cm³/mol. The van der Waals surface area contributed by atoms with Crippen LogP contribution in [0.1, 0.15) is 13.8 Å². The van der Waals surface area contributed by atoms with E-state index in [1.54, 1.807) is 0 Å². The van der Waals surface area contributed by atoms with Crippen molar-refractivity contribution < 1.29 is 0 Å². The molecule has 0 saturated heterocycles. The fourth-order valence-electron chi connectivity index (χ4n) is 2.02. The van der Waals surface area contributed by atoms with Crippen molar-refractivity contribution in [2.24, 2.45) is 0 Å². The zero-order valence-corrected chi connectivity index (χ0v) is 10.4. The van der Waals surface area contributed by atoms with E-state index < -0.39 is 0 Å². The van der Waals surface area contributed by atoms with Gasteiger partial charge in [-0.15, -0.1) is 0 Å². The van der Waals surface area contributed by atoms with Crippen LogP contribution in [-0.4, -0.2) is 18.1 Å². The van der Waals surface area contributed by atoms with Crippen molar-refractivity contribution in [2.45, 2.75) is 13.8 Å². The van der Waals surface area contributed by atoms with Crippen LogP contribution >= 0.6 is 0 Å². The SMILES string of the molecule is CCN(CC)c1ncccc1-c1ccccc1. The highest BCUT2D eigenvalue weighted by Crippen LogP contribution is 2.28. The Morgan fingerprint density at radius 1 is 0.941 bits per heavy atom. The first-order valence-corrected chi connectivity index (χ1v) is 6.12. The van der Waals surface area contributed by atoms with Gasteiger partial charge in [-0.05, 0) is 31.5 Å². The van der Waals surface area contributed by atoms with Crippen molar-refractivity contribution in [1.82, 2.24) is 4.98 Å². The second-order valence-electron chi connectivity index (χ2n) is 3.91. The van der Waals surface area contributed by atoms with Gasteiger partial charge in [-0.25, -0.2) is 4.98 Å². The number of rotatable bonds is 4. The molecule has 0 saturated carbocycles. The third-order valence-electron chi connectivity index (χ3n) is 2.93. The lowest BCUT2D eigenvalue weighted by molar-refractivity contribution is 0.847. The summed E-state index contributed by atoms with van der Waals surface area (Å²) in [6.07, 6.45) is 1.86. The lowest BCUT2D eigenvalue weighted by atomic mass is 10.1. The van der Waals surface area contributed by atoms with Gasteiger partial charge in [-0.3, -0.25) is 0 Å². The topological polar surface area (TPSA) is 16.1 Å². The van der Waals surface area contributed by atoms with E-state index in [1.807, 2.05) is 18.3 Å². The molecule has 0 amide bonds. The molecule has 0 bridgehead atoms. The van der Waals surface area contributed by atoms with Gasteiger partial charge in [0.1, 0.15) is 5.82 Å². The van der Waals surface area contributed by atoms with Crippen LogP contribution in [0.3, 0.4) is 0 Å². The van der Waals surface area contributed by atoms with Crippen LogP contribution in [0.5, 0.6) is 0 Å². The number of nitrogens with zero attached hydrogens (tertiary/aromatic N) is 2. The fourth-order valence-corrected chi connectivity index (χ4v) is 2.02. The smallest absolute Gasteiger partial charge is 0.136 e. The third kappa shape index (κ3) is 2.47. The van der Waals surface area contributed by atoms with Gasteiger partial charge in [0, 0.05) is 24.8 Å². The van der Waals surface area contributed by atoms with E-state index in [4.69, 9.17) is 0 Å². The molecule has 0 aliphatic rings. The summed E-state index contributed by atoms with van der Waals surface area (Å²) in [5.41, 5.74) is 2.43. The molecule has 0 atom stereocenters. The molecule has 0 unspecified atom stereocenters. The molecule has 2 nitrogen and oxygen atoms in total. The average Bonchev–Trinajstić information content (AvgIpc) is 2.42. The Labute approximate surface area is 103 Å². The number of aromatic nitrogens is 1. The molecule has 0 spiro atoms. The average molecular weight is 226 g/mol. The lowest BCUT2D eigenvalue weighted by Gasteiger charge is -2.22. The van der Waals surface area contributed by atoms with Crippen LogP contribution in [0.15, 0.2) is 48.7 Å². The van der Waals surface area contributed by atoms with Gasteiger partial charge in [-0.2, -0.15) is 0 Å². The second-order valence-corrected chi connectivity index (χ2v) is 3.91. The summed E-state index contributed by atoms with van der Waals surface area (Å²) in [6.45, 7) is 6.28. The molecule has 2 heteroatoms. The minimum absolute atomic E-state index is 0.980. The number of hydrogen-bond donors (Lipinski definition) is 0. The Morgan fingerprint density at radius 3 is 2.29 bits per heavy atom. The van der Waals surface area contributed by atoms with E-state index in [1.165, 1.54) is 11.1 Å². The van der Waals surface area contributed by atoms with Gasteiger partial charge in [0.05, 0.1) is 0 Å². The highest BCUT2D eigenvalue weighted by molar-refractivity contribution is 5.75. The molecule has 2 aromatic rings. The van der Waals surface area contributed by atoms with Gasteiger partial charge >= 0.3 is 0 Å². The third-order valence-corrected chi connectivity index (χ3v) is 2.93. The predicted octanol–water partition coefficient (Wildman–Crippen LogP) is 3.59. The fraction of sp³-hybridized carbons (Fsp3) is 0.267. The summed E-state index contributed by atoms with van der Waals surface area (Å²) < 4.78 is 0. The van der Waals surface area contributed by atoms with E-state index in [0.29, 0.717) is 0 Å². The van der Waals surface area contributed by atoms with Crippen LogP contribution in [-0.2, 0) is 0 Å². The molecule has 0 fully saturated rings. The molecule has 2 rings (SSSR count). The molecule has 17 heavy (non-hydrogen) atoms. The van der Waals surface area contributed by atoms with Crippen molar-refractivity contribution in [3.8, 4) is 11.1 Å². The van der Waals surface area contributed by atoms with E-state index in [0.717, 1.165) is 18.9 Å². The van der Waals surface area contributed by atoms with Gasteiger partial charge in [0.25, 0.3) is 0 Å². The Kier molecular flexibility index (Phi) is 3.76. The van der Waals surface area contributed by atoms with Crippen molar-refractivity contribution in [1.29, 1.82) is 0 Å². The normalized spacial score (nSPS) is 10.2. The maximum atomic E-state index is 4.52. The van der Waals surface area contributed by atoms with E-state index in [2.05, 4.69) is 54.1 Å². The van der Waals surface area contributed by atoms with Crippen LogP contribution in [0.4, 0.5) is 5.82 Å². The highest BCUT2D eigenvalue weighted by Gasteiger charge is 2.10. The summed E-state index contributed by atoms with van der Waals surface area (Å²) in [5.74, 6) is 1.07. The van der Waals surface area contributed by atoms with Gasteiger partial charge in [0.2, 0.25) is 0 Å². The minimum atomic E-state index is 0.980. The Morgan fingerprint density at radius 2 is 1.65 bits per heavy atom. The first kappa shape index (κ1) is 11.6. The van der Waals surface area contributed by atoms with Crippen molar-refractivity contribution >= 4 is 5.82 Å². The Balaban J connectivity index is 2.48. The van der Waals surface area contributed by atoms with Gasteiger partial charge in [-0.1, -0.05) is 30.3 Å². The Bertz CT molecular complexity index is 461. The first-order valence-electron chi connectivity index (χ1n) is 6.12. The molecule has 1 aromatic heterocycles. The zero-order chi connectivity index (χ0) is 12.1. The summed E-state index contributed by atoms with van der Waals surface area (Å²) in [6, 6.07) is 14.6. The molecule has 0 radical (unpaired) electrons. The number of pyridine rings is 1. The quantitative estimate of drug-likeness (QED) is 0.792. The van der Waals surface area contributed by atoms with E-state index in [-0.39, 0.29) is 0 Å². The van der Waals surface area contributed by atoms with Gasteiger partial charge < -0.3 is 4.90 Å². The molecular formula is C15H18N2. The number of benzene rings is 1. The molecule has 0 aliphatic carbocycles. The summed E-state index contributed by atoms with van der Waals surface area (Å²) in [7, 11) is 0. The van der Waals surface area contributed by atoms with E-state index >= 15 is 0 Å². The van der Waals surface area contributed by atoms with Gasteiger partial charge in [0.15, 0.2) is 0 Å². The maximum Gasteiger partial charge on any atom is 0.136 e. The first-order chi connectivity index (χ1) is 8.36. The summed E-state index contributed by atoms with van der Waals surface area (Å²) in [4.78, 5) is 6.80. The molecule has 0 N–H and O–H groups in total. The minimum Gasteiger partial charge on any atom is -0.357 e. The van der Waals surface area contributed by atoms with E-state index in [9.17, 15) is 0 Å².